The Morgan fingerprint density at radius 2 is 2.25 bits per heavy atom. The minimum absolute atomic E-state index is 0.600. The molecule has 0 atom stereocenters. The zero-order valence-electron chi connectivity index (χ0n) is 6.79. The number of hydrogen-bond acceptors (Lipinski definition) is 1. The summed E-state index contributed by atoms with van der Waals surface area (Å²) < 4.78 is 0. The zero-order chi connectivity index (χ0) is 8.97. The van der Waals surface area contributed by atoms with Crippen LogP contribution < -0.4 is 5.73 Å². The molecule has 0 radical (unpaired) electrons. The van der Waals surface area contributed by atoms with E-state index in [1.807, 2.05) is 31.2 Å². The molecule has 1 rings (SSSR count). The molecule has 0 aliphatic heterocycles. The first-order chi connectivity index (χ1) is 5.68. The number of primary amides is 1. The summed E-state index contributed by atoms with van der Waals surface area (Å²) in [4.78, 5) is 10.3. The van der Waals surface area contributed by atoms with Crippen molar-refractivity contribution in [1.29, 1.82) is 0 Å². The molecule has 0 unspecified atom stereocenters. The van der Waals surface area contributed by atoms with E-state index in [4.69, 9.17) is 5.73 Å². The Balaban J connectivity index is 2.92. The molecule has 0 heterocycles. The molecule has 2 heteroatoms. The average Bonchev–Trinajstić information content (AvgIpc) is 2.01. The summed E-state index contributed by atoms with van der Waals surface area (Å²) in [7, 11) is 0. The fourth-order valence-corrected chi connectivity index (χ4v) is 0.857. The van der Waals surface area contributed by atoms with E-state index in [0.29, 0.717) is 0 Å². The van der Waals surface area contributed by atoms with Crippen LogP contribution in [0.4, 0.5) is 0 Å². The number of nitrogens with two attached hydrogens (primary N) is 1. The summed E-state index contributed by atoms with van der Waals surface area (Å²) in [6.07, 6.45) is 0. The van der Waals surface area contributed by atoms with E-state index in [0.717, 1.165) is 11.1 Å². The van der Waals surface area contributed by atoms with Crippen molar-refractivity contribution in [3.05, 3.63) is 35.4 Å². The monoisotopic (exact) mass is 159 g/mol. The molecule has 1 aromatic carbocycles. The number of aryl methyl sites for hydroxylation is 1. The lowest BCUT2D eigenvalue weighted by atomic mass is 10.1. The standard InChI is InChI=1S/C10H9NO/c1-8-3-2-4-9(7-8)5-6-10(11)12/h2-4,7H,1H3,(H2,11,12). The van der Waals surface area contributed by atoms with Gasteiger partial charge in [-0.1, -0.05) is 18.1 Å². The molecule has 0 aliphatic carbocycles. The number of hydrogen-bond donors (Lipinski definition) is 1. The third kappa shape index (κ3) is 2.47. The van der Waals surface area contributed by atoms with Gasteiger partial charge in [0.25, 0.3) is 5.91 Å². The van der Waals surface area contributed by atoms with Gasteiger partial charge in [-0.25, -0.2) is 0 Å². The normalized spacial score (nSPS) is 8.42. The molecule has 0 spiro atoms. The van der Waals surface area contributed by atoms with Crippen molar-refractivity contribution < 1.29 is 4.79 Å². The molecular weight excluding hydrogens is 150 g/mol. The molecule has 1 aromatic rings. The number of rotatable bonds is 0. The van der Waals surface area contributed by atoms with Gasteiger partial charge in [-0.15, -0.1) is 0 Å². The second kappa shape index (κ2) is 3.59. The Labute approximate surface area is 71.4 Å². The lowest BCUT2D eigenvalue weighted by Gasteiger charge is -1.91. The highest BCUT2D eigenvalue weighted by Gasteiger charge is 1.87. The van der Waals surface area contributed by atoms with E-state index >= 15 is 0 Å². The van der Waals surface area contributed by atoms with Gasteiger partial charge in [0.15, 0.2) is 0 Å². The van der Waals surface area contributed by atoms with Gasteiger partial charge in [-0.2, -0.15) is 0 Å². The molecular formula is C10H9NO. The summed E-state index contributed by atoms with van der Waals surface area (Å²) in [5, 5.41) is 0. The Morgan fingerprint density at radius 1 is 1.50 bits per heavy atom. The highest BCUT2D eigenvalue weighted by Crippen LogP contribution is 2.01. The van der Waals surface area contributed by atoms with Gasteiger partial charge in [0.05, 0.1) is 0 Å². The molecule has 12 heavy (non-hydrogen) atoms. The second-order valence-electron chi connectivity index (χ2n) is 2.48. The van der Waals surface area contributed by atoms with E-state index in [2.05, 4.69) is 11.8 Å². The summed E-state index contributed by atoms with van der Waals surface area (Å²) in [5.41, 5.74) is 6.80. The van der Waals surface area contributed by atoms with Gasteiger partial charge in [0.1, 0.15) is 0 Å². The van der Waals surface area contributed by atoms with Crippen LogP contribution in [0.5, 0.6) is 0 Å². The minimum Gasteiger partial charge on any atom is -0.359 e. The van der Waals surface area contributed by atoms with Crippen LogP contribution in [0.1, 0.15) is 11.1 Å². The van der Waals surface area contributed by atoms with E-state index in [9.17, 15) is 4.79 Å². The number of benzene rings is 1. The predicted octanol–water partition coefficient (Wildman–Crippen LogP) is 0.832. The molecule has 60 valence electrons. The van der Waals surface area contributed by atoms with Crippen LogP contribution >= 0.6 is 0 Å². The first-order valence-electron chi connectivity index (χ1n) is 3.56. The Kier molecular flexibility index (Phi) is 2.49. The van der Waals surface area contributed by atoms with Gasteiger partial charge in [0, 0.05) is 5.56 Å². The van der Waals surface area contributed by atoms with E-state index in [1.54, 1.807) is 0 Å². The third-order valence-corrected chi connectivity index (χ3v) is 1.35. The predicted molar refractivity (Wildman–Crippen MR) is 47.3 cm³/mol. The zero-order valence-corrected chi connectivity index (χ0v) is 6.79. The van der Waals surface area contributed by atoms with Gasteiger partial charge in [-0.05, 0) is 30.5 Å². The van der Waals surface area contributed by atoms with Crippen molar-refractivity contribution in [3.8, 4) is 11.8 Å². The molecule has 0 saturated heterocycles. The fraction of sp³-hybridized carbons (Fsp3) is 0.100. The Morgan fingerprint density at radius 3 is 2.83 bits per heavy atom. The Bertz CT molecular complexity index is 358. The van der Waals surface area contributed by atoms with Crippen molar-refractivity contribution in [1.82, 2.24) is 0 Å². The quantitative estimate of drug-likeness (QED) is 0.560. The molecule has 2 nitrogen and oxygen atoms in total. The van der Waals surface area contributed by atoms with Gasteiger partial charge in [-0.3, -0.25) is 4.79 Å². The second-order valence-corrected chi connectivity index (χ2v) is 2.48. The van der Waals surface area contributed by atoms with Gasteiger partial charge >= 0.3 is 0 Å². The van der Waals surface area contributed by atoms with E-state index in [1.165, 1.54) is 0 Å². The molecule has 1 amide bonds. The maximum Gasteiger partial charge on any atom is 0.293 e. The van der Waals surface area contributed by atoms with Crippen molar-refractivity contribution in [3.63, 3.8) is 0 Å². The van der Waals surface area contributed by atoms with Crippen LogP contribution in [0.15, 0.2) is 24.3 Å². The maximum atomic E-state index is 10.3. The molecule has 0 aliphatic rings. The number of amides is 1. The van der Waals surface area contributed by atoms with Crippen LogP contribution in [0, 0.1) is 18.8 Å². The Hall–Kier alpha value is -1.75. The highest BCUT2D eigenvalue weighted by atomic mass is 16.1. The lowest BCUT2D eigenvalue weighted by molar-refractivity contribution is -0.112. The summed E-state index contributed by atoms with van der Waals surface area (Å²) in [6, 6.07) is 7.59. The van der Waals surface area contributed by atoms with Crippen molar-refractivity contribution in [2.75, 3.05) is 0 Å². The average molecular weight is 159 g/mol. The minimum atomic E-state index is -0.600. The molecule has 0 bridgehead atoms. The van der Waals surface area contributed by atoms with Crippen molar-refractivity contribution in [2.45, 2.75) is 6.92 Å². The highest BCUT2D eigenvalue weighted by molar-refractivity contribution is 5.92. The molecule has 0 fully saturated rings. The fourth-order valence-electron chi connectivity index (χ4n) is 0.857. The van der Waals surface area contributed by atoms with Crippen LogP contribution in [-0.4, -0.2) is 5.91 Å². The van der Waals surface area contributed by atoms with Crippen molar-refractivity contribution in [2.24, 2.45) is 5.73 Å². The third-order valence-electron chi connectivity index (χ3n) is 1.35. The first kappa shape index (κ1) is 8.35. The van der Waals surface area contributed by atoms with E-state index < -0.39 is 5.91 Å². The van der Waals surface area contributed by atoms with E-state index in [-0.39, 0.29) is 0 Å². The van der Waals surface area contributed by atoms with Crippen LogP contribution in [0.25, 0.3) is 0 Å². The van der Waals surface area contributed by atoms with Crippen LogP contribution in [0.3, 0.4) is 0 Å². The smallest absolute Gasteiger partial charge is 0.293 e. The van der Waals surface area contributed by atoms with Crippen LogP contribution in [0.2, 0.25) is 0 Å². The summed E-state index contributed by atoms with van der Waals surface area (Å²) in [5.74, 6) is 4.34. The van der Waals surface area contributed by atoms with Crippen LogP contribution in [-0.2, 0) is 4.79 Å². The van der Waals surface area contributed by atoms with Gasteiger partial charge in [0.2, 0.25) is 0 Å². The molecule has 2 N–H and O–H groups in total. The van der Waals surface area contributed by atoms with Gasteiger partial charge < -0.3 is 5.73 Å². The maximum absolute atomic E-state index is 10.3. The molecule has 0 aromatic heterocycles. The first-order valence-corrected chi connectivity index (χ1v) is 3.56. The summed E-state index contributed by atoms with van der Waals surface area (Å²) >= 11 is 0. The summed E-state index contributed by atoms with van der Waals surface area (Å²) in [6.45, 7) is 1.97. The lowest BCUT2D eigenvalue weighted by Crippen LogP contribution is -2.06. The topological polar surface area (TPSA) is 43.1 Å². The van der Waals surface area contributed by atoms with Crippen molar-refractivity contribution >= 4 is 5.91 Å². The SMILES string of the molecule is Cc1cccc(C#CC(N)=O)c1. The number of carbonyl (C=O) groups excluding carboxylic acids is 1. The molecule has 0 saturated carbocycles. The number of carbonyl (C=O) groups is 1. The largest absolute Gasteiger partial charge is 0.359 e.